The van der Waals surface area contributed by atoms with Gasteiger partial charge in [-0.1, -0.05) is 0 Å². The summed E-state index contributed by atoms with van der Waals surface area (Å²) < 4.78 is 44.0. The highest BCUT2D eigenvalue weighted by molar-refractivity contribution is 9.10. The molecular formula is C8H4BrF3N2O2. The Morgan fingerprint density at radius 1 is 1.44 bits per heavy atom. The van der Waals surface area contributed by atoms with E-state index in [1.165, 1.54) is 7.11 Å². The van der Waals surface area contributed by atoms with Crippen LogP contribution >= 0.6 is 15.9 Å². The number of nitriles is 1. The van der Waals surface area contributed by atoms with E-state index < -0.39 is 12.1 Å². The Hall–Kier alpha value is -1.49. The number of aromatic nitrogens is 1. The lowest BCUT2D eigenvalue weighted by Gasteiger charge is -2.11. The van der Waals surface area contributed by atoms with Crippen molar-refractivity contribution in [2.75, 3.05) is 7.11 Å². The second-order valence-corrected chi connectivity index (χ2v) is 3.24. The zero-order valence-corrected chi connectivity index (χ0v) is 9.39. The minimum absolute atomic E-state index is 0.0926. The molecule has 4 nitrogen and oxygen atoms in total. The van der Waals surface area contributed by atoms with Crippen molar-refractivity contribution in [3.05, 3.63) is 16.4 Å². The van der Waals surface area contributed by atoms with Gasteiger partial charge in [0, 0.05) is 6.07 Å². The average Bonchev–Trinajstić information content (AvgIpc) is 2.18. The average molecular weight is 297 g/mol. The van der Waals surface area contributed by atoms with Crippen LogP contribution in [0.5, 0.6) is 11.5 Å². The molecule has 0 fully saturated rings. The standard InChI is InChI=1S/C8H4BrF3N2O2/c1-15-5-2-6(16-8(10,11)12)7(9)14-4(5)3-13/h2H,1H3. The SMILES string of the molecule is COc1cc(OC(F)(F)F)c(Br)nc1C#N. The number of ether oxygens (including phenoxy) is 2. The van der Waals surface area contributed by atoms with Crippen LogP contribution in [0.4, 0.5) is 13.2 Å². The molecule has 0 radical (unpaired) electrons. The van der Waals surface area contributed by atoms with Crippen molar-refractivity contribution in [2.24, 2.45) is 0 Å². The summed E-state index contributed by atoms with van der Waals surface area (Å²) in [7, 11) is 1.21. The summed E-state index contributed by atoms with van der Waals surface area (Å²) in [4.78, 5) is 3.55. The maximum atomic E-state index is 12.0. The minimum atomic E-state index is -4.83. The summed E-state index contributed by atoms with van der Waals surface area (Å²) in [6.07, 6.45) is -4.83. The summed E-state index contributed by atoms with van der Waals surface area (Å²) in [5, 5.41) is 8.62. The van der Waals surface area contributed by atoms with E-state index in [9.17, 15) is 13.2 Å². The van der Waals surface area contributed by atoms with Crippen LogP contribution in [-0.4, -0.2) is 18.5 Å². The van der Waals surface area contributed by atoms with Crippen molar-refractivity contribution in [2.45, 2.75) is 6.36 Å². The highest BCUT2D eigenvalue weighted by atomic mass is 79.9. The molecule has 0 aromatic carbocycles. The Labute approximate surface area is 96.7 Å². The van der Waals surface area contributed by atoms with Gasteiger partial charge in [-0.25, -0.2) is 4.98 Å². The number of alkyl halides is 3. The second kappa shape index (κ2) is 4.57. The van der Waals surface area contributed by atoms with Crippen LogP contribution in [0.15, 0.2) is 10.7 Å². The molecule has 1 aromatic rings. The fraction of sp³-hybridized carbons (Fsp3) is 0.250. The van der Waals surface area contributed by atoms with Gasteiger partial charge >= 0.3 is 6.36 Å². The van der Waals surface area contributed by atoms with E-state index in [1.54, 1.807) is 6.07 Å². The third-order valence-electron chi connectivity index (χ3n) is 1.46. The van der Waals surface area contributed by atoms with Crippen LogP contribution in [0, 0.1) is 11.3 Å². The number of hydrogen-bond donors (Lipinski definition) is 0. The lowest BCUT2D eigenvalue weighted by molar-refractivity contribution is -0.275. The molecule has 0 bridgehead atoms. The van der Waals surface area contributed by atoms with Crippen molar-refractivity contribution in [1.29, 1.82) is 5.26 Å². The topological polar surface area (TPSA) is 55.1 Å². The lowest BCUT2D eigenvalue weighted by Crippen LogP contribution is -2.17. The van der Waals surface area contributed by atoms with Gasteiger partial charge < -0.3 is 9.47 Å². The van der Waals surface area contributed by atoms with E-state index in [0.29, 0.717) is 0 Å². The van der Waals surface area contributed by atoms with E-state index in [0.717, 1.165) is 6.07 Å². The van der Waals surface area contributed by atoms with E-state index in [4.69, 9.17) is 10.00 Å². The smallest absolute Gasteiger partial charge is 0.494 e. The number of halogens is 4. The van der Waals surface area contributed by atoms with Gasteiger partial charge in [-0.05, 0) is 15.9 Å². The zero-order valence-electron chi connectivity index (χ0n) is 7.80. The lowest BCUT2D eigenvalue weighted by atomic mass is 10.3. The maximum Gasteiger partial charge on any atom is 0.573 e. The normalized spacial score (nSPS) is 10.8. The second-order valence-electron chi connectivity index (χ2n) is 2.49. The van der Waals surface area contributed by atoms with Gasteiger partial charge in [0.1, 0.15) is 10.7 Å². The van der Waals surface area contributed by atoms with E-state index >= 15 is 0 Å². The molecule has 86 valence electrons. The number of methoxy groups -OCH3 is 1. The molecule has 0 unspecified atom stereocenters. The predicted octanol–water partition coefficient (Wildman–Crippen LogP) is 2.62. The highest BCUT2D eigenvalue weighted by Crippen LogP contribution is 2.33. The first-order chi connectivity index (χ1) is 7.37. The minimum Gasteiger partial charge on any atom is -0.494 e. The monoisotopic (exact) mass is 296 g/mol. The fourth-order valence-corrected chi connectivity index (χ4v) is 1.26. The third-order valence-corrected chi connectivity index (χ3v) is 2.03. The number of hydrogen-bond acceptors (Lipinski definition) is 4. The predicted molar refractivity (Wildman–Crippen MR) is 49.9 cm³/mol. The van der Waals surface area contributed by atoms with Gasteiger partial charge in [0.2, 0.25) is 0 Å². The van der Waals surface area contributed by atoms with Crippen molar-refractivity contribution in [1.82, 2.24) is 4.98 Å². The molecule has 0 aliphatic rings. The first kappa shape index (κ1) is 12.6. The van der Waals surface area contributed by atoms with Crippen LogP contribution in [0.25, 0.3) is 0 Å². The molecule has 0 saturated heterocycles. The Bertz CT molecular complexity index is 442. The molecule has 0 spiro atoms. The van der Waals surface area contributed by atoms with Gasteiger partial charge in [0.15, 0.2) is 17.2 Å². The van der Waals surface area contributed by atoms with E-state index in [2.05, 4.69) is 25.7 Å². The quantitative estimate of drug-likeness (QED) is 0.787. The molecule has 0 N–H and O–H groups in total. The molecule has 0 aliphatic carbocycles. The summed E-state index contributed by atoms with van der Waals surface area (Å²) >= 11 is 2.76. The Morgan fingerprint density at radius 2 is 2.06 bits per heavy atom. The largest absolute Gasteiger partial charge is 0.573 e. The van der Waals surface area contributed by atoms with Gasteiger partial charge in [-0.15, -0.1) is 13.2 Å². The van der Waals surface area contributed by atoms with E-state index in [-0.39, 0.29) is 16.0 Å². The fourth-order valence-electron chi connectivity index (χ4n) is 0.887. The van der Waals surface area contributed by atoms with Gasteiger partial charge in [-0.3, -0.25) is 0 Å². The van der Waals surface area contributed by atoms with Crippen molar-refractivity contribution in [3.8, 4) is 17.6 Å². The summed E-state index contributed by atoms with van der Waals surface area (Å²) in [6, 6.07) is 2.61. The number of rotatable bonds is 2. The Kier molecular flexibility index (Phi) is 3.59. The van der Waals surface area contributed by atoms with Crippen LogP contribution in [0.2, 0.25) is 0 Å². The number of nitrogens with zero attached hydrogens (tertiary/aromatic N) is 2. The van der Waals surface area contributed by atoms with Gasteiger partial charge in [0.05, 0.1) is 7.11 Å². The molecule has 1 rings (SSSR count). The molecular weight excluding hydrogens is 293 g/mol. The molecule has 0 aliphatic heterocycles. The molecule has 8 heteroatoms. The maximum absolute atomic E-state index is 12.0. The molecule has 0 atom stereocenters. The molecule has 1 heterocycles. The highest BCUT2D eigenvalue weighted by Gasteiger charge is 2.32. The van der Waals surface area contributed by atoms with Crippen molar-refractivity contribution >= 4 is 15.9 Å². The molecule has 0 saturated carbocycles. The first-order valence-electron chi connectivity index (χ1n) is 3.77. The zero-order chi connectivity index (χ0) is 12.3. The third kappa shape index (κ3) is 3.00. The summed E-state index contributed by atoms with van der Waals surface area (Å²) in [5.41, 5.74) is -0.135. The number of pyridine rings is 1. The molecule has 16 heavy (non-hydrogen) atoms. The van der Waals surface area contributed by atoms with Crippen LogP contribution < -0.4 is 9.47 Å². The van der Waals surface area contributed by atoms with Crippen LogP contribution in [-0.2, 0) is 0 Å². The van der Waals surface area contributed by atoms with Gasteiger partial charge in [0.25, 0.3) is 0 Å². The van der Waals surface area contributed by atoms with Crippen molar-refractivity contribution < 1.29 is 22.6 Å². The summed E-state index contributed by atoms with van der Waals surface area (Å²) in [5.74, 6) is -0.659. The van der Waals surface area contributed by atoms with Gasteiger partial charge in [-0.2, -0.15) is 5.26 Å². The first-order valence-corrected chi connectivity index (χ1v) is 4.57. The summed E-state index contributed by atoms with van der Waals surface area (Å²) in [6.45, 7) is 0. The van der Waals surface area contributed by atoms with E-state index in [1.807, 2.05) is 0 Å². The Morgan fingerprint density at radius 3 is 2.50 bits per heavy atom. The molecule has 0 amide bonds. The van der Waals surface area contributed by atoms with Crippen LogP contribution in [0.1, 0.15) is 5.69 Å². The van der Waals surface area contributed by atoms with Crippen molar-refractivity contribution in [3.63, 3.8) is 0 Å². The Balaban J connectivity index is 3.18. The molecule has 1 aromatic heterocycles. The van der Waals surface area contributed by atoms with Crippen LogP contribution in [0.3, 0.4) is 0 Å².